The second kappa shape index (κ2) is 2.51. The van der Waals surface area contributed by atoms with Crippen LogP contribution in [0, 0.1) is 0 Å². The lowest BCUT2D eigenvalue weighted by Crippen LogP contribution is -2.27. The average molecular weight is 168 g/mol. The van der Waals surface area contributed by atoms with Gasteiger partial charge in [-0.3, -0.25) is 9.36 Å². The molecule has 1 aromatic heterocycles. The first-order valence-corrected chi connectivity index (χ1v) is 3.71. The molecule has 12 heavy (non-hydrogen) atoms. The molecule has 1 N–H and O–H groups in total. The van der Waals surface area contributed by atoms with E-state index < -0.39 is 0 Å². The molecule has 0 amide bonds. The van der Waals surface area contributed by atoms with Crippen LogP contribution < -0.4 is 10.3 Å². The van der Waals surface area contributed by atoms with Gasteiger partial charge in [-0.2, -0.15) is 4.98 Å². The molecule has 0 saturated carbocycles. The number of ether oxygens (including phenoxy) is 1. The molecule has 0 saturated heterocycles. The SMILES string of the molecule is O=c1cc(O)nc2n1CCCO2. The van der Waals surface area contributed by atoms with Crippen molar-refractivity contribution in [3.05, 3.63) is 16.4 Å². The van der Waals surface area contributed by atoms with Crippen molar-refractivity contribution in [1.82, 2.24) is 9.55 Å². The number of nitrogens with zero attached hydrogens (tertiary/aromatic N) is 2. The van der Waals surface area contributed by atoms with E-state index in [1.807, 2.05) is 0 Å². The molecule has 5 nitrogen and oxygen atoms in total. The van der Waals surface area contributed by atoms with Crippen molar-refractivity contribution < 1.29 is 9.84 Å². The molecule has 1 aliphatic heterocycles. The molecule has 64 valence electrons. The lowest BCUT2D eigenvalue weighted by molar-refractivity contribution is 0.218. The summed E-state index contributed by atoms with van der Waals surface area (Å²) >= 11 is 0. The minimum absolute atomic E-state index is 0.214. The van der Waals surface area contributed by atoms with Crippen LogP contribution in [-0.2, 0) is 6.54 Å². The van der Waals surface area contributed by atoms with Crippen molar-refractivity contribution >= 4 is 0 Å². The molecule has 0 bridgehead atoms. The summed E-state index contributed by atoms with van der Waals surface area (Å²) in [6.07, 6.45) is 0.805. The molecule has 5 heteroatoms. The molecular weight excluding hydrogens is 160 g/mol. The number of aromatic hydroxyl groups is 1. The normalized spacial score (nSPS) is 15.0. The van der Waals surface area contributed by atoms with Crippen LogP contribution in [0.3, 0.4) is 0 Å². The van der Waals surface area contributed by atoms with E-state index in [4.69, 9.17) is 9.84 Å². The summed E-state index contributed by atoms with van der Waals surface area (Å²) in [5, 5.41) is 8.96. The van der Waals surface area contributed by atoms with Crippen molar-refractivity contribution in [2.24, 2.45) is 0 Å². The first kappa shape index (κ1) is 7.15. The van der Waals surface area contributed by atoms with Gasteiger partial charge in [0, 0.05) is 6.54 Å². The highest BCUT2D eigenvalue weighted by Gasteiger charge is 2.13. The Labute approximate surface area is 68.2 Å². The van der Waals surface area contributed by atoms with Gasteiger partial charge in [0.05, 0.1) is 12.7 Å². The van der Waals surface area contributed by atoms with E-state index in [1.165, 1.54) is 4.57 Å². The van der Waals surface area contributed by atoms with Gasteiger partial charge in [0.2, 0.25) is 5.88 Å². The summed E-state index contributed by atoms with van der Waals surface area (Å²) in [6.45, 7) is 1.16. The van der Waals surface area contributed by atoms with Crippen molar-refractivity contribution in [1.29, 1.82) is 0 Å². The lowest BCUT2D eigenvalue weighted by atomic mass is 10.4. The maximum atomic E-state index is 11.2. The fraction of sp³-hybridized carbons (Fsp3) is 0.429. The van der Waals surface area contributed by atoms with Crippen molar-refractivity contribution in [3.8, 4) is 11.9 Å². The highest BCUT2D eigenvalue weighted by atomic mass is 16.5. The van der Waals surface area contributed by atoms with Gasteiger partial charge in [-0.1, -0.05) is 0 Å². The van der Waals surface area contributed by atoms with E-state index in [2.05, 4.69) is 4.98 Å². The molecule has 2 heterocycles. The van der Waals surface area contributed by atoms with E-state index in [0.717, 1.165) is 12.5 Å². The van der Waals surface area contributed by atoms with E-state index in [0.29, 0.717) is 13.2 Å². The maximum absolute atomic E-state index is 11.2. The number of fused-ring (bicyclic) bond motifs is 1. The average Bonchev–Trinajstić information content (AvgIpc) is 2.04. The number of hydrogen-bond donors (Lipinski definition) is 1. The fourth-order valence-electron chi connectivity index (χ4n) is 1.18. The van der Waals surface area contributed by atoms with Gasteiger partial charge < -0.3 is 9.84 Å². The van der Waals surface area contributed by atoms with Crippen molar-refractivity contribution in [3.63, 3.8) is 0 Å². The molecule has 0 spiro atoms. The second-order valence-corrected chi connectivity index (χ2v) is 2.59. The molecule has 0 fully saturated rings. The standard InChI is InChI=1S/C7H8N2O3/c10-5-4-6(11)9-2-1-3-12-7(9)8-5/h4,10H,1-3H2. The summed E-state index contributed by atoms with van der Waals surface area (Å²) in [5.74, 6) is -0.284. The van der Waals surface area contributed by atoms with Crippen LogP contribution in [-0.4, -0.2) is 21.3 Å². The van der Waals surface area contributed by atoms with Gasteiger partial charge in [0.1, 0.15) is 0 Å². The van der Waals surface area contributed by atoms with Gasteiger partial charge in [-0.05, 0) is 6.42 Å². The zero-order chi connectivity index (χ0) is 8.55. The van der Waals surface area contributed by atoms with Gasteiger partial charge >= 0.3 is 6.01 Å². The minimum Gasteiger partial charge on any atom is -0.493 e. The third-order valence-corrected chi connectivity index (χ3v) is 1.72. The minimum atomic E-state index is -0.284. The molecule has 0 aromatic carbocycles. The van der Waals surface area contributed by atoms with E-state index >= 15 is 0 Å². The van der Waals surface area contributed by atoms with E-state index in [9.17, 15) is 4.79 Å². The Kier molecular flexibility index (Phi) is 1.49. The Hall–Kier alpha value is -1.52. The predicted octanol–water partition coefficient (Wildman–Crippen LogP) is -0.269. The number of hydrogen-bond acceptors (Lipinski definition) is 4. The lowest BCUT2D eigenvalue weighted by Gasteiger charge is -2.16. The second-order valence-electron chi connectivity index (χ2n) is 2.59. The summed E-state index contributed by atoms with van der Waals surface area (Å²) in [4.78, 5) is 14.8. The summed E-state index contributed by atoms with van der Waals surface area (Å²) in [6, 6.07) is 1.30. The van der Waals surface area contributed by atoms with Crippen LogP contribution in [0.15, 0.2) is 10.9 Å². The Bertz CT molecular complexity index is 358. The molecule has 0 atom stereocenters. The Morgan fingerprint density at radius 1 is 1.67 bits per heavy atom. The topological polar surface area (TPSA) is 64.3 Å². The molecule has 1 aromatic rings. The van der Waals surface area contributed by atoms with Gasteiger partial charge in [-0.25, -0.2) is 0 Å². The van der Waals surface area contributed by atoms with Crippen LogP contribution in [0.25, 0.3) is 0 Å². The molecule has 1 aliphatic rings. The number of rotatable bonds is 0. The monoisotopic (exact) mass is 168 g/mol. The summed E-state index contributed by atoms with van der Waals surface area (Å²) in [7, 11) is 0. The quantitative estimate of drug-likeness (QED) is 0.579. The van der Waals surface area contributed by atoms with Crippen LogP contribution >= 0.6 is 0 Å². The van der Waals surface area contributed by atoms with Crippen LogP contribution in [0.5, 0.6) is 11.9 Å². The molecule has 0 radical (unpaired) electrons. The van der Waals surface area contributed by atoms with E-state index in [-0.39, 0.29) is 17.4 Å². The van der Waals surface area contributed by atoms with Crippen LogP contribution in [0.4, 0.5) is 0 Å². The number of aromatic nitrogens is 2. The van der Waals surface area contributed by atoms with Crippen molar-refractivity contribution in [2.45, 2.75) is 13.0 Å². The zero-order valence-corrected chi connectivity index (χ0v) is 6.36. The highest BCUT2D eigenvalue weighted by Crippen LogP contribution is 2.13. The molecule has 2 rings (SSSR count). The third-order valence-electron chi connectivity index (χ3n) is 1.72. The van der Waals surface area contributed by atoms with Gasteiger partial charge in [0.15, 0.2) is 0 Å². The van der Waals surface area contributed by atoms with Crippen LogP contribution in [0.2, 0.25) is 0 Å². The van der Waals surface area contributed by atoms with Crippen molar-refractivity contribution in [2.75, 3.05) is 6.61 Å². The summed E-state index contributed by atoms with van der Waals surface area (Å²) in [5.41, 5.74) is -0.266. The fourth-order valence-corrected chi connectivity index (χ4v) is 1.18. The smallest absolute Gasteiger partial charge is 0.302 e. The predicted molar refractivity (Wildman–Crippen MR) is 40.3 cm³/mol. The Balaban J connectivity index is 2.60. The van der Waals surface area contributed by atoms with Crippen LogP contribution in [0.1, 0.15) is 6.42 Å². The highest BCUT2D eigenvalue weighted by molar-refractivity contribution is 5.12. The Morgan fingerprint density at radius 2 is 2.50 bits per heavy atom. The van der Waals surface area contributed by atoms with Gasteiger partial charge in [-0.15, -0.1) is 0 Å². The third kappa shape index (κ3) is 1.03. The molecule has 0 aliphatic carbocycles. The zero-order valence-electron chi connectivity index (χ0n) is 6.36. The molecular formula is C7H8N2O3. The largest absolute Gasteiger partial charge is 0.493 e. The molecule has 0 unspecified atom stereocenters. The first-order chi connectivity index (χ1) is 5.77. The van der Waals surface area contributed by atoms with Gasteiger partial charge in [0.25, 0.3) is 5.56 Å². The Morgan fingerprint density at radius 3 is 3.33 bits per heavy atom. The maximum Gasteiger partial charge on any atom is 0.302 e. The first-order valence-electron chi connectivity index (χ1n) is 3.71. The van der Waals surface area contributed by atoms with E-state index in [1.54, 1.807) is 0 Å². The summed E-state index contributed by atoms with van der Waals surface area (Å²) < 4.78 is 6.48.